The average Bonchev–Trinajstić information content (AvgIpc) is 3.29. The molecule has 2 aromatic heterocycles. The summed E-state index contributed by atoms with van der Waals surface area (Å²) in [7, 11) is 0. The van der Waals surface area contributed by atoms with Crippen molar-refractivity contribution in [2.75, 3.05) is 0 Å². The molecule has 2 heterocycles. The van der Waals surface area contributed by atoms with Crippen LogP contribution < -0.4 is 0 Å². The zero-order chi connectivity index (χ0) is 24.4. The van der Waals surface area contributed by atoms with Gasteiger partial charge in [0.2, 0.25) is 5.88 Å². The summed E-state index contributed by atoms with van der Waals surface area (Å²) in [6.07, 6.45) is -7.57. The van der Waals surface area contributed by atoms with Crippen LogP contribution in [0.15, 0.2) is 54.6 Å². The number of rotatable bonds is 4. The normalized spacial score (nSPS) is 22.8. The van der Waals surface area contributed by atoms with E-state index >= 15 is 0 Å². The second kappa shape index (κ2) is 7.89. The molecule has 1 saturated carbocycles. The molecule has 1 aliphatic rings. The first-order valence-corrected chi connectivity index (χ1v) is 11.0. The van der Waals surface area contributed by atoms with Crippen LogP contribution in [-0.2, 0) is 12.7 Å². The summed E-state index contributed by atoms with van der Waals surface area (Å²) in [5.41, 5.74) is 0.796. The summed E-state index contributed by atoms with van der Waals surface area (Å²) in [6.45, 7) is 4.51. The van der Waals surface area contributed by atoms with Gasteiger partial charge in [0, 0.05) is 35.0 Å². The molecule has 2 unspecified atom stereocenters. The lowest BCUT2D eigenvalue weighted by Gasteiger charge is -2.47. The minimum absolute atomic E-state index is 0.235. The number of para-hydroxylation sites is 2. The monoisotopic (exact) mass is 471 g/mol. The van der Waals surface area contributed by atoms with Crippen LogP contribution in [0.5, 0.6) is 5.88 Å². The summed E-state index contributed by atoms with van der Waals surface area (Å²) in [5.74, 6) is -2.89. The number of aliphatic hydroxyl groups is 2. The number of aromatic nitrogens is 3. The van der Waals surface area contributed by atoms with Gasteiger partial charge < -0.3 is 19.9 Å². The van der Waals surface area contributed by atoms with Crippen molar-refractivity contribution in [3.8, 4) is 11.6 Å². The Bertz CT molecular complexity index is 1350. The molecule has 3 N–H and O–H groups in total. The van der Waals surface area contributed by atoms with E-state index in [1.54, 1.807) is 18.2 Å². The van der Waals surface area contributed by atoms with Gasteiger partial charge in [-0.15, -0.1) is 0 Å². The SMILES string of the molecule is CCn1c(C)c(C2C(O)C(c3c(C(F)(F)F)nn(-c4ccccc4)c3O)C2O)c2ccccc21. The Morgan fingerprint density at radius 1 is 0.912 bits per heavy atom. The van der Waals surface area contributed by atoms with Gasteiger partial charge in [0.1, 0.15) is 0 Å². The smallest absolute Gasteiger partial charge is 0.435 e. The molecular formula is C25H24F3N3O3. The number of nitrogens with zero attached hydrogens (tertiary/aromatic N) is 3. The zero-order valence-corrected chi connectivity index (χ0v) is 18.5. The molecule has 0 amide bonds. The number of aliphatic hydroxyl groups excluding tert-OH is 2. The first-order chi connectivity index (χ1) is 16.2. The highest BCUT2D eigenvalue weighted by atomic mass is 19.4. The van der Waals surface area contributed by atoms with Gasteiger partial charge in [-0.1, -0.05) is 36.4 Å². The van der Waals surface area contributed by atoms with E-state index in [0.717, 1.165) is 21.3 Å². The molecule has 0 spiro atoms. The molecule has 178 valence electrons. The van der Waals surface area contributed by atoms with Crippen LogP contribution in [0.25, 0.3) is 16.6 Å². The summed E-state index contributed by atoms with van der Waals surface area (Å²) >= 11 is 0. The topological polar surface area (TPSA) is 83.4 Å². The van der Waals surface area contributed by atoms with Gasteiger partial charge in [-0.25, -0.2) is 4.68 Å². The Morgan fingerprint density at radius 2 is 1.50 bits per heavy atom. The number of halogens is 3. The molecule has 9 heteroatoms. The Balaban J connectivity index is 1.62. The highest BCUT2D eigenvalue weighted by Gasteiger charge is 2.56. The number of fused-ring (bicyclic) bond motifs is 1. The maximum atomic E-state index is 13.9. The minimum Gasteiger partial charge on any atom is -0.493 e. The van der Waals surface area contributed by atoms with Crippen LogP contribution >= 0.6 is 0 Å². The van der Waals surface area contributed by atoms with Crippen LogP contribution in [0.2, 0.25) is 0 Å². The maximum absolute atomic E-state index is 13.9. The van der Waals surface area contributed by atoms with E-state index in [1.807, 2.05) is 42.7 Å². The second-order valence-electron chi connectivity index (χ2n) is 8.62. The van der Waals surface area contributed by atoms with Gasteiger partial charge in [-0.05, 0) is 37.6 Å². The lowest BCUT2D eigenvalue weighted by Crippen LogP contribution is -2.52. The zero-order valence-electron chi connectivity index (χ0n) is 18.5. The molecule has 5 rings (SSSR count). The first-order valence-electron chi connectivity index (χ1n) is 11.0. The van der Waals surface area contributed by atoms with Crippen molar-refractivity contribution in [2.45, 2.75) is 50.6 Å². The number of benzene rings is 2. The first kappa shape index (κ1) is 22.5. The molecule has 0 bridgehead atoms. The Morgan fingerprint density at radius 3 is 2.12 bits per heavy atom. The third-order valence-corrected chi connectivity index (χ3v) is 6.90. The quantitative estimate of drug-likeness (QED) is 0.410. The fraction of sp³-hybridized carbons (Fsp3) is 0.320. The molecule has 4 aromatic rings. The highest BCUT2D eigenvalue weighted by Crippen LogP contribution is 2.55. The van der Waals surface area contributed by atoms with Crippen molar-refractivity contribution in [3.63, 3.8) is 0 Å². The Kier molecular flexibility index (Phi) is 5.22. The van der Waals surface area contributed by atoms with Crippen molar-refractivity contribution in [2.24, 2.45) is 0 Å². The van der Waals surface area contributed by atoms with Gasteiger partial charge in [0.15, 0.2) is 5.69 Å². The molecule has 6 nitrogen and oxygen atoms in total. The molecular weight excluding hydrogens is 447 g/mol. The molecule has 1 fully saturated rings. The minimum atomic E-state index is -4.88. The van der Waals surface area contributed by atoms with Crippen LogP contribution in [-0.4, -0.2) is 41.9 Å². The average molecular weight is 471 g/mol. The number of hydrogen-bond acceptors (Lipinski definition) is 4. The van der Waals surface area contributed by atoms with Crippen LogP contribution in [0, 0.1) is 6.92 Å². The summed E-state index contributed by atoms with van der Waals surface area (Å²) in [5, 5.41) is 37.5. The third kappa shape index (κ3) is 3.14. The second-order valence-corrected chi connectivity index (χ2v) is 8.62. The lowest BCUT2D eigenvalue weighted by atomic mass is 9.62. The van der Waals surface area contributed by atoms with E-state index in [0.29, 0.717) is 12.1 Å². The van der Waals surface area contributed by atoms with Crippen molar-refractivity contribution in [1.82, 2.24) is 14.3 Å². The highest BCUT2D eigenvalue weighted by molar-refractivity contribution is 5.86. The molecule has 2 aromatic carbocycles. The van der Waals surface area contributed by atoms with Crippen LogP contribution in [0.4, 0.5) is 13.2 Å². The maximum Gasteiger partial charge on any atom is 0.435 e. The van der Waals surface area contributed by atoms with Crippen LogP contribution in [0.3, 0.4) is 0 Å². The van der Waals surface area contributed by atoms with E-state index in [2.05, 4.69) is 5.10 Å². The molecule has 34 heavy (non-hydrogen) atoms. The predicted octanol–water partition coefficient (Wildman–Crippen LogP) is 4.48. The fourth-order valence-electron chi connectivity index (χ4n) is 5.36. The lowest BCUT2D eigenvalue weighted by molar-refractivity contribution is -0.144. The van der Waals surface area contributed by atoms with Crippen molar-refractivity contribution >= 4 is 10.9 Å². The Hall–Kier alpha value is -3.30. The largest absolute Gasteiger partial charge is 0.493 e. The molecule has 0 radical (unpaired) electrons. The number of alkyl halides is 3. The third-order valence-electron chi connectivity index (χ3n) is 6.90. The van der Waals surface area contributed by atoms with Gasteiger partial charge in [0.25, 0.3) is 0 Å². The standard InChI is InChI=1S/C25H24F3N3O3/c1-3-30-13(2)17(15-11-7-8-12-16(15)30)18-21(32)19(22(18)33)20-23(25(26,27)28)29-31(24(20)34)14-9-5-4-6-10-14/h4-12,18-19,21-22,32-34H,3H2,1-2H3. The summed E-state index contributed by atoms with van der Waals surface area (Å²) < 4.78 is 44.6. The van der Waals surface area contributed by atoms with E-state index in [4.69, 9.17) is 0 Å². The molecule has 0 aliphatic heterocycles. The van der Waals surface area contributed by atoms with E-state index in [9.17, 15) is 28.5 Å². The predicted molar refractivity (Wildman–Crippen MR) is 120 cm³/mol. The van der Waals surface area contributed by atoms with Gasteiger partial charge >= 0.3 is 6.18 Å². The number of aryl methyl sites for hydroxylation is 1. The number of hydrogen-bond donors (Lipinski definition) is 3. The number of aromatic hydroxyl groups is 1. The van der Waals surface area contributed by atoms with Gasteiger partial charge in [-0.2, -0.15) is 18.3 Å². The van der Waals surface area contributed by atoms with Crippen LogP contribution in [0.1, 0.15) is 41.3 Å². The molecule has 1 aliphatic carbocycles. The van der Waals surface area contributed by atoms with Crippen molar-refractivity contribution in [1.29, 1.82) is 0 Å². The van der Waals surface area contributed by atoms with Gasteiger partial charge in [-0.3, -0.25) is 0 Å². The molecule has 2 atom stereocenters. The summed E-state index contributed by atoms with van der Waals surface area (Å²) in [6, 6.07) is 15.5. The molecule has 0 saturated heterocycles. The fourth-order valence-corrected chi connectivity index (χ4v) is 5.36. The summed E-state index contributed by atoms with van der Waals surface area (Å²) in [4.78, 5) is 0. The van der Waals surface area contributed by atoms with Gasteiger partial charge in [0.05, 0.1) is 23.5 Å². The van der Waals surface area contributed by atoms with E-state index in [1.165, 1.54) is 12.1 Å². The van der Waals surface area contributed by atoms with Crippen molar-refractivity contribution in [3.05, 3.63) is 77.1 Å². The van der Waals surface area contributed by atoms with E-state index in [-0.39, 0.29) is 5.69 Å². The van der Waals surface area contributed by atoms with Crippen molar-refractivity contribution < 1.29 is 28.5 Å². The Labute approximate surface area is 193 Å². The van der Waals surface area contributed by atoms with E-state index < -0.39 is 47.4 Å².